The van der Waals surface area contributed by atoms with Gasteiger partial charge < -0.3 is 10.1 Å². The zero-order valence-electron chi connectivity index (χ0n) is 11.4. The summed E-state index contributed by atoms with van der Waals surface area (Å²) in [5.74, 6) is 1.72. The summed E-state index contributed by atoms with van der Waals surface area (Å²) in [6.45, 7) is 6.29. The highest BCUT2D eigenvalue weighted by atomic mass is 32.2. The van der Waals surface area contributed by atoms with E-state index >= 15 is 0 Å². The van der Waals surface area contributed by atoms with Crippen LogP contribution in [0.2, 0.25) is 0 Å². The smallest absolute Gasteiger partial charge is 0.157 e. The Hall–Kier alpha value is -1.16. The Bertz CT molecular complexity index is 462. The Balaban J connectivity index is 1.48. The molecule has 3 rings (SSSR count). The molecular weight excluding hydrogens is 256 g/mol. The fourth-order valence-electron chi connectivity index (χ4n) is 2.40. The lowest BCUT2D eigenvalue weighted by Gasteiger charge is -2.14. The van der Waals surface area contributed by atoms with Crippen LogP contribution < -0.4 is 10.1 Å². The van der Waals surface area contributed by atoms with Crippen LogP contribution in [-0.4, -0.2) is 29.6 Å². The summed E-state index contributed by atoms with van der Waals surface area (Å²) in [5, 5.41) is 5.14. The van der Waals surface area contributed by atoms with Gasteiger partial charge in [0.25, 0.3) is 0 Å². The third-order valence-electron chi connectivity index (χ3n) is 3.62. The number of nitrogens with zero attached hydrogens (tertiary/aromatic N) is 1. The largest absolute Gasteiger partial charge is 0.488 e. The van der Waals surface area contributed by atoms with Crippen LogP contribution in [0.25, 0.3) is 0 Å². The highest BCUT2D eigenvalue weighted by Crippen LogP contribution is 2.29. The first kappa shape index (κ1) is 12.9. The van der Waals surface area contributed by atoms with E-state index in [1.54, 1.807) is 0 Å². The topological polar surface area (TPSA) is 33.6 Å². The number of para-hydroxylation sites is 1. The van der Waals surface area contributed by atoms with Gasteiger partial charge in [-0.2, -0.15) is 0 Å². The zero-order chi connectivity index (χ0) is 13.2. The van der Waals surface area contributed by atoms with E-state index < -0.39 is 0 Å². The van der Waals surface area contributed by atoms with Crippen LogP contribution in [0.1, 0.15) is 19.4 Å². The van der Waals surface area contributed by atoms with Crippen molar-refractivity contribution in [3.8, 4) is 5.75 Å². The lowest BCUT2D eigenvalue weighted by atomic mass is 10.1. The normalized spacial score (nSPS) is 25.1. The first-order valence-corrected chi connectivity index (χ1v) is 7.80. The fraction of sp³-hybridized carbons (Fsp3) is 0.533. The van der Waals surface area contributed by atoms with Gasteiger partial charge in [0.15, 0.2) is 5.17 Å². The number of ether oxygens (including phenoxy) is 1. The van der Waals surface area contributed by atoms with Gasteiger partial charge in [-0.25, -0.2) is 0 Å². The van der Waals surface area contributed by atoms with Crippen molar-refractivity contribution < 1.29 is 4.74 Å². The summed E-state index contributed by atoms with van der Waals surface area (Å²) >= 11 is 1.87. The molecule has 0 aliphatic carbocycles. The first-order chi connectivity index (χ1) is 9.22. The van der Waals surface area contributed by atoms with Gasteiger partial charge in [-0.15, -0.1) is 0 Å². The highest BCUT2D eigenvalue weighted by molar-refractivity contribution is 8.14. The molecule has 3 nitrogen and oxygen atoms in total. The standard InChI is InChI=1S/C15H20N2OS/c1-10(2)14-9-17-15(19-14)16-8-12-7-11-5-3-4-6-13(11)18-12/h3-6,10,12,14H,7-9H2,1-2H3,(H,16,17). The Kier molecular flexibility index (Phi) is 3.69. The molecule has 2 aliphatic rings. The third kappa shape index (κ3) is 2.89. The van der Waals surface area contributed by atoms with Crippen LogP contribution in [-0.2, 0) is 6.42 Å². The fourth-order valence-corrected chi connectivity index (χ4v) is 3.43. The van der Waals surface area contributed by atoms with E-state index in [9.17, 15) is 0 Å². The number of benzene rings is 1. The minimum Gasteiger partial charge on any atom is -0.488 e. The summed E-state index contributed by atoms with van der Waals surface area (Å²) in [7, 11) is 0. The molecule has 0 fully saturated rings. The zero-order valence-corrected chi connectivity index (χ0v) is 12.2. The van der Waals surface area contributed by atoms with Crippen molar-refractivity contribution in [1.29, 1.82) is 0 Å². The van der Waals surface area contributed by atoms with E-state index in [0.717, 1.165) is 30.4 Å². The van der Waals surface area contributed by atoms with E-state index in [2.05, 4.69) is 36.3 Å². The third-order valence-corrected chi connectivity index (χ3v) is 5.11. The van der Waals surface area contributed by atoms with Gasteiger partial charge in [0, 0.05) is 11.7 Å². The Morgan fingerprint density at radius 2 is 2.26 bits per heavy atom. The molecule has 1 aromatic carbocycles. The molecule has 0 saturated carbocycles. The van der Waals surface area contributed by atoms with Crippen molar-refractivity contribution in [1.82, 2.24) is 5.32 Å². The van der Waals surface area contributed by atoms with Crippen LogP contribution in [0.4, 0.5) is 0 Å². The van der Waals surface area contributed by atoms with Crippen molar-refractivity contribution >= 4 is 16.9 Å². The number of aliphatic imine (C=N–C) groups is 1. The number of amidine groups is 1. The molecule has 2 heterocycles. The van der Waals surface area contributed by atoms with Gasteiger partial charge in [-0.05, 0) is 17.5 Å². The molecule has 0 spiro atoms. The quantitative estimate of drug-likeness (QED) is 0.921. The molecule has 0 saturated heterocycles. The van der Waals surface area contributed by atoms with E-state index in [0.29, 0.717) is 11.2 Å². The van der Waals surface area contributed by atoms with Gasteiger partial charge in [-0.1, -0.05) is 43.8 Å². The molecule has 1 aromatic rings. The number of thioether (sulfide) groups is 1. The summed E-state index contributed by atoms with van der Waals surface area (Å²) in [4.78, 5) is 4.56. The second-order valence-corrected chi connectivity index (χ2v) is 6.71. The van der Waals surface area contributed by atoms with Crippen molar-refractivity contribution in [3.63, 3.8) is 0 Å². The van der Waals surface area contributed by atoms with Crippen LogP contribution >= 0.6 is 11.8 Å². The van der Waals surface area contributed by atoms with Gasteiger partial charge >= 0.3 is 0 Å². The van der Waals surface area contributed by atoms with E-state index in [4.69, 9.17) is 4.74 Å². The molecule has 4 heteroatoms. The Morgan fingerprint density at radius 1 is 1.42 bits per heavy atom. The van der Waals surface area contributed by atoms with Crippen LogP contribution in [0.5, 0.6) is 5.75 Å². The van der Waals surface area contributed by atoms with Crippen LogP contribution in [0, 0.1) is 5.92 Å². The van der Waals surface area contributed by atoms with Gasteiger partial charge in [0.05, 0.1) is 13.1 Å². The van der Waals surface area contributed by atoms with Crippen molar-refractivity contribution in [2.45, 2.75) is 31.6 Å². The molecule has 1 N–H and O–H groups in total. The minimum atomic E-state index is 0.235. The number of nitrogens with one attached hydrogen (secondary N) is 1. The van der Waals surface area contributed by atoms with Crippen molar-refractivity contribution in [2.24, 2.45) is 10.9 Å². The first-order valence-electron chi connectivity index (χ1n) is 6.92. The maximum absolute atomic E-state index is 5.91. The van der Waals surface area contributed by atoms with Crippen molar-refractivity contribution in [2.75, 3.05) is 13.1 Å². The Labute approximate surface area is 118 Å². The van der Waals surface area contributed by atoms with Crippen LogP contribution in [0.3, 0.4) is 0 Å². The van der Waals surface area contributed by atoms with Crippen LogP contribution in [0.15, 0.2) is 29.3 Å². The van der Waals surface area contributed by atoms with Gasteiger partial charge in [0.2, 0.25) is 0 Å². The van der Waals surface area contributed by atoms with E-state index in [-0.39, 0.29) is 6.10 Å². The second-order valence-electron chi connectivity index (χ2n) is 5.48. The SMILES string of the molecule is CC(C)C1CN=C(NCC2Cc3ccccc3O2)S1. The monoisotopic (exact) mass is 276 g/mol. The highest BCUT2D eigenvalue weighted by Gasteiger charge is 2.25. The molecular formula is C15H20N2OS. The number of fused-ring (bicyclic) bond motifs is 1. The molecule has 0 amide bonds. The Morgan fingerprint density at radius 3 is 3.00 bits per heavy atom. The number of rotatable bonds is 3. The summed E-state index contributed by atoms with van der Waals surface area (Å²) in [6.07, 6.45) is 1.23. The lowest BCUT2D eigenvalue weighted by molar-refractivity contribution is 0.235. The maximum Gasteiger partial charge on any atom is 0.157 e. The molecule has 2 unspecified atom stereocenters. The lowest BCUT2D eigenvalue weighted by Crippen LogP contribution is -2.32. The van der Waals surface area contributed by atoms with Gasteiger partial charge in [-0.3, -0.25) is 4.99 Å². The summed E-state index contributed by atoms with van der Waals surface area (Å²) < 4.78 is 5.91. The molecule has 0 aromatic heterocycles. The summed E-state index contributed by atoms with van der Waals surface area (Å²) in [6, 6.07) is 8.29. The van der Waals surface area contributed by atoms with E-state index in [1.807, 2.05) is 23.9 Å². The summed E-state index contributed by atoms with van der Waals surface area (Å²) in [5.41, 5.74) is 1.32. The predicted molar refractivity (Wildman–Crippen MR) is 81.1 cm³/mol. The molecule has 2 aliphatic heterocycles. The second kappa shape index (κ2) is 5.45. The number of hydrogen-bond acceptors (Lipinski definition) is 4. The average Bonchev–Trinajstić information content (AvgIpc) is 3.02. The number of hydrogen-bond donors (Lipinski definition) is 1. The molecule has 2 atom stereocenters. The van der Waals surface area contributed by atoms with Gasteiger partial charge in [0.1, 0.15) is 11.9 Å². The molecule has 19 heavy (non-hydrogen) atoms. The van der Waals surface area contributed by atoms with E-state index in [1.165, 1.54) is 5.56 Å². The average molecular weight is 276 g/mol. The van der Waals surface area contributed by atoms with Crippen molar-refractivity contribution in [3.05, 3.63) is 29.8 Å². The predicted octanol–water partition coefficient (Wildman–Crippen LogP) is 2.71. The maximum atomic E-state index is 5.91. The molecule has 0 radical (unpaired) electrons. The minimum absolute atomic E-state index is 0.235. The molecule has 0 bridgehead atoms. The molecule has 102 valence electrons.